The summed E-state index contributed by atoms with van der Waals surface area (Å²) in [7, 11) is 0. The van der Waals surface area contributed by atoms with E-state index in [0.29, 0.717) is 30.3 Å². The third-order valence-electron chi connectivity index (χ3n) is 5.29. The fourth-order valence-electron chi connectivity index (χ4n) is 3.59. The molecule has 2 amide bonds. The zero-order valence-corrected chi connectivity index (χ0v) is 20.8. The summed E-state index contributed by atoms with van der Waals surface area (Å²) in [6.45, 7) is 4.49. The molecule has 0 saturated carbocycles. The highest BCUT2D eigenvalue weighted by molar-refractivity contribution is 8.18. The van der Waals surface area contributed by atoms with Gasteiger partial charge in [0.05, 0.1) is 18.1 Å². The second-order valence-electron chi connectivity index (χ2n) is 7.88. The molecule has 0 spiro atoms. The van der Waals surface area contributed by atoms with Crippen LogP contribution in [-0.2, 0) is 17.9 Å². The Morgan fingerprint density at radius 3 is 2.57 bits per heavy atom. The average molecular weight is 512 g/mol. The van der Waals surface area contributed by atoms with Crippen molar-refractivity contribution in [3.63, 3.8) is 0 Å². The number of rotatable bonds is 8. The van der Waals surface area contributed by atoms with Crippen molar-refractivity contribution in [2.75, 3.05) is 6.61 Å². The van der Waals surface area contributed by atoms with E-state index < -0.39 is 17.0 Å². The van der Waals surface area contributed by atoms with Gasteiger partial charge < -0.3 is 9.47 Å². The quantitative estimate of drug-likeness (QED) is 0.305. The Balaban J connectivity index is 1.53. The van der Waals surface area contributed by atoms with E-state index in [0.717, 1.165) is 27.8 Å². The van der Waals surface area contributed by atoms with Crippen LogP contribution in [0, 0.1) is 12.7 Å². The first-order valence-corrected chi connectivity index (χ1v) is 12.2. The molecule has 0 aromatic heterocycles. The van der Waals surface area contributed by atoms with Crippen molar-refractivity contribution in [3.05, 3.63) is 98.7 Å². The topological polar surface area (TPSA) is 55.8 Å². The van der Waals surface area contributed by atoms with Crippen molar-refractivity contribution in [3.8, 4) is 11.5 Å². The molecule has 0 bridgehead atoms. The second kappa shape index (κ2) is 11.0. The zero-order chi connectivity index (χ0) is 24.9. The molecule has 0 radical (unpaired) electrons. The normalized spacial score (nSPS) is 14.6. The van der Waals surface area contributed by atoms with Crippen LogP contribution >= 0.6 is 23.4 Å². The van der Waals surface area contributed by atoms with Crippen molar-refractivity contribution in [2.24, 2.45) is 0 Å². The third-order valence-corrected chi connectivity index (χ3v) is 6.56. The number of carbonyl (C=O) groups excluding carboxylic acids is 2. The Labute approximate surface area is 212 Å². The SMILES string of the molecule is CCOc1cc(/C=C2/SC(=O)N(Cc3c(F)cccc3Cl)C2=O)ccc1OCc1cccc(C)c1. The Bertz CT molecular complexity index is 1290. The van der Waals surface area contributed by atoms with E-state index in [9.17, 15) is 14.0 Å². The second-order valence-corrected chi connectivity index (χ2v) is 9.29. The van der Waals surface area contributed by atoms with Crippen molar-refractivity contribution in [2.45, 2.75) is 27.0 Å². The molecule has 0 unspecified atom stereocenters. The number of hydrogen-bond acceptors (Lipinski definition) is 5. The van der Waals surface area contributed by atoms with Gasteiger partial charge in [-0.15, -0.1) is 0 Å². The monoisotopic (exact) mass is 511 g/mol. The molecule has 1 aliphatic rings. The Kier molecular flexibility index (Phi) is 7.78. The number of hydrogen-bond donors (Lipinski definition) is 0. The summed E-state index contributed by atoms with van der Waals surface area (Å²) < 4.78 is 25.9. The van der Waals surface area contributed by atoms with E-state index in [1.54, 1.807) is 24.3 Å². The molecule has 3 aromatic rings. The lowest BCUT2D eigenvalue weighted by atomic mass is 10.1. The van der Waals surface area contributed by atoms with Crippen LogP contribution in [0.25, 0.3) is 6.08 Å². The van der Waals surface area contributed by atoms with E-state index in [1.165, 1.54) is 18.2 Å². The van der Waals surface area contributed by atoms with Gasteiger partial charge in [-0.1, -0.05) is 53.6 Å². The van der Waals surface area contributed by atoms with Crippen LogP contribution in [0.2, 0.25) is 5.02 Å². The van der Waals surface area contributed by atoms with Gasteiger partial charge in [0.2, 0.25) is 0 Å². The van der Waals surface area contributed by atoms with Crippen molar-refractivity contribution in [1.29, 1.82) is 0 Å². The molecule has 1 aliphatic heterocycles. The van der Waals surface area contributed by atoms with Crippen LogP contribution in [0.4, 0.5) is 9.18 Å². The number of carbonyl (C=O) groups is 2. The Morgan fingerprint density at radius 2 is 1.83 bits per heavy atom. The number of imide groups is 1. The standard InChI is InChI=1S/C27H23ClFNO4S/c1-3-33-24-13-18(10-11-23(24)34-16-19-7-4-6-17(2)12-19)14-25-26(31)30(27(32)35-25)15-20-21(28)8-5-9-22(20)29/h4-14H,3,15-16H2,1-2H3/b25-14+. The van der Waals surface area contributed by atoms with E-state index in [1.807, 2.05) is 32.0 Å². The molecule has 35 heavy (non-hydrogen) atoms. The highest BCUT2D eigenvalue weighted by atomic mass is 35.5. The summed E-state index contributed by atoms with van der Waals surface area (Å²) in [4.78, 5) is 26.6. The van der Waals surface area contributed by atoms with E-state index in [-0.39, 0.29) is 22.0 Å². The van der Waals surface area contributed by atoms with Crippen LogP contribution in [0.3, 0.4) is 0 Å². The lowest BCUT2D eigenvalue weighted by Gasteiger charge is -2.14. The number of thioether (sulfide) groups is 1. The average Bonchev–Trinajstić information content (AvgIpc) is 3.08. The van der Waals surface area contributed by atoms with Gasteiger partial charge in [0.15, 0.2) is 11.5 Å². The molecule has 3 aromatic carbocycles. The first kappa shape index (κ1) is 24.8. The lowest BCUT2D eigenvalue weighted by molar-refractivity contribution is -0.123. The largest absolute Gasteiger partial charge is 0.490 e. The minimum Gasteiger partial charge on any atom is -0.490 e. The Morgan fingerprint density at radius 1 is 1.03 bits per heavy atom. The van der Waals surface area contributed by atoms with E-state index >= 15 is 0 Å². The highest BCUT2D eigenvalue weighted by Gasteiger charge is 2.36. The van der Waals surface area contributed by atoms with Gasteiger partial charge in [0.1, 0.15) is 12.4 Å². The number of ether oxygens (including phenoxy) is 2. The molecule has 1 saturated heterocycles. The molecule has 1 fully saturated rings. The summed E-state index contributed by atoms with van der Waals surface area (Å²) in [5.41, 5.74) is 2.97. The van der Waals surface area contributed by atoms with Crippen molar-refractivity contribution >= 4 is 40.6 Å². The highest BCUT2D eigenvalue weighted by Crippen LogP contribution is 2.36. The number of amides is 2. The predicted molar refractivity (Wildman–Crippen MR) is 136 cm³/mol. The van der Waals surface area contributed by atoms with Gasteiger partial charge in [0.25, 0.3) is 11.1 Å². The smallest absolute Gasteiger partial charge is 0.293 e. The van der Waals surface area contributed by atoms with Gasteiger partial charge in [-0.05, 0) is 67.1 Å². The molecule has 0 atom stereocenters. The molecule has 180 valence electrons. The predicted octanol–water partition coefficient (Wildman–Crippen LogP) is 7.00. The van der Waals surface area contributed by atoms with E-state index in [4.69, 9.17) is 21.1 Å². The van der Waals surface area contributed by atoms with Crippen LogP contribution < -0.4 is 9.47 Å². The minimum atomic E-state index is -0.567. The minimum absolute atomic E-state index is 0.103. The summed E-state index contributed by atoms with van der Waals surface area (Å²) in [6.07, 6.45) is 1.61. The molecule has 8 heteroatoms. The molecule has 0 N–H and O–H groups in total. The maximum absolute atomic E-state index is 14.2. The fraction of sp³-hybridized carbons (Fsp3) is 0.185. The van der Waals surface area contributed by atoms with Crippen LogP contribution in [0.1, 0.15) is 29.2 Å². The summed E-state index contributed by atoms with van der Waals surface area (Å²) in [6, 6.07) is 17.6. The summed E-state index contributed by atoms with van der Waals surface area (Å²) in [5, 5.41) is -0.320. The molecular weight excluding hydrogens is 489 g/mol. The summed E-state index contributed by atoms with van der Waals surface area (Å²) in [5.74, 6) is 0.0410. The van der Waals surface area contributed by atoms with Crippen LogP contribution in [0.15, 0.2) is 65.6 Å². The van der Waals surface area contributed by atoms with Crippen LogP contribution in [0.5, 0.6) is 11.5 Å². The molecule has 1 heterocycles. The van der Waals surface area contributed by atoms with Gasteiger partial charge in [-0.25, -0.2) is 4.39 Å². The maximum Gasteiger partial charge on any atom is 0.293 e. The first-order valence-electron chi connectivity index (χ1n) is 11.0. The van der Waals surface area contributed by atoms with Gasteiger partial charge in [-0.3, -0.25) is 14.5 Å². The van der Waals surface area contributed by atoms with E-state index in [2.05, 4.69) is 6.07 Å². The van der Waals surface area contributed by atoms with Crippen LogP contribution in [-0.4, -0.2) is 22.7 Å². The van der Waals surface area contributed by atoms with Gasteiger partial charge in [0, 0.05) is 10.6 Å². The number of benzene rings is 3. The first-order chi connectivity index (χ1) is 16.9. The third kappa shape index (κ3) is 5.86. The number of aryl methyl sites for hydroxylation is 1. The van der Waals surface area contributed by atoms with Crippen molar-refractivity contribution in [1.82, 2.24) is 4.90 Å². The lowest BCUT2D eigenvalue weighted by Crippen LogP contribution is -2.28. The summed E-state index contributed by atoms with van der Waals surface area (Å²) >= 11 is 6.87. The van der Waals surface area contributed by atoms with Gasteiger partial charge in [-0.2, -0.15) is 0 Å². The maximum atomic E-state index is 14.2. The molecular formula is C27H23ClFNO4S. The zero-order valence-electron chi connectivity index (χ0n) is 19.2. The molecule has 4 rings (SSSR count). The van der Waals surface area contributed by atoms with Crippen molar-refractivity contribution < 1.29 is 23.5 Å². The Hall–Kier alpha value is -3.29. The number of nitrogens with zero attached hydrogens (tertiary/aromatic N) is 1. The van der Waals surface area contributed by atoms with Gasteiger partial charge >= 0.3 is 0 Å². The molecule has 0 aliphatic carbocycles. The fourth-order valence-corrected chi connectivity index (χ4v) is 4.66. The molecule has 5 nitrogen and oxygen atoms in total. The number of halogens is 2.